The van der Waals surface area contributed by atoms with E-state index in [1.54, 1.807) is 0 Å². The lowest BCUT2D eigenvalue weighted by atomic mass is 9.84. The maximum Gasteiger partial charge on any atom is 0.122 e. The molecule has 2 nitrogen and oxygen atoms in total. The largest absolute Gasteiger partial charge is 0.493 e. The number of nitrogens with one attached hydrogen (secondary N) is 1. The van der Waals surface area contributed by atoms with Crippen molar-refractivity contribution in [3.05, 3.63) is 42.0 Å². The molecular weight excluding hydrogens is 222 g/mol. The first-order chi connectivity index (χ1) is 8.72. The highest BCUT2D eigenvalue weighted by atomic mass is 16.5. The zero-order valence-corrected chi connectivity index (χ0v) is 11.4. The second-order valence-electron chi connectivity index (χ2n) is 5.11. The molecule has 0 spiro atoms. The molecule has 1 aliphatic rings. The minimum Gasteiger partial charge on any atom is -0.493 e. The standard InChI is InChI=1S/C16H23NO/c1-4-17-15(11-12(2)3)13-9-10-18-16-8-6-5-7-14(13)16/h5-8,13,15,17H,2,4,9-11H2,1,3H3. The van der Waals surface area contributed by atoms with Crippen LogP contribution >= 0.6 is 0 Å². The molecule has 1 N–H and O–H groups in total. The van der Waals surface area contributed by atoms with E-state index in [0.29, 0.717) is 12.0 Å². The Morgan fingerprint density at radius 1 is 1.50 bits per heavy atom. The molecule has 0 fully saturated rings. The number of para-hydroxylation sites is 1. The number of hydrogen-bond donors (Lipinski definition) is 1. The second kappa shape index (κ2) is 6.05. The smallest absolute Gasteiger partial charge is 0.122 e. The van der Waals surface area contributed by atoms with Crippen molar-refractivity contribution in [1.82, 2.24) is 5.32 Å². The first-order valence-corrected chi connectivity index (χ1v) is 6.82. The Hall–Kier alpha value is -1.28. The third-order valence-electron chi connectivity index (χ3n) is 3.53. The number of fused-ring (bicyclic) bond motifs is 1. The van der Waals surface area contributed by atoms with Gasteiger partial charge in [0.05, 0.1) is 6.61 Å². The Kier molecular flexibility index (Phi) is 4.43. The predicted molar refractivity (Wildman–Crippen MR) is 76.2 cm³/mol. The summed E-state index contributed by atoms with van der Waals surface area (Å²) < 4.78 is 5.74. The molecule has 1 aliphatic heterocycles. The Morgan fingerprint density at radius 3 is 3.00 bits per heavy atom. The SMILES string of the molecule is C=C(C)CC(NCC)C1CCOc2ccccc21. The zero-order valence-electron chi connectivity index (χ0n) is 11.4. The van der Waals surface area contributed by atoms with Crippen molar-refractivity contribution in [3.8, 4) is 5.75 Å². The lowest BCUT2D eigenvalue weighted by Gasteiger charge is -2.33. The Morgan fingerprint density at radius 2 is 2.28 bits per heavy atom. The molecule has 0 bridgehead atoms. The Bertz CT molecular complexity index is 413. The molecule has 0 aliphatic carbocycles. The molecule has 2 atom stereocenters. The maximum absolute atomic E-state index is 5.74. The van der Waals surface area contributed by atoms with E-state index in [9.17, 15) is 0 Å². The van der Waals surface area contributed by atoms with Gasteiger partial charge in [0, 0.05) is 12.0 Å². The second-order valence-corrected chi connectivity index (χ2v) is 5.11. The van der Waals surface area contributed by atoms with Crippen molar-refractivity contribution in [2.45, 2.75) is 38.6 Å². The Balaban J connectivity index is 2.23. The number of rotatable bonds is 5. The number of benzene rings is 1. The van der Waals surface area contributed by atoms with Gasteiger partial charge in [0.1, 0.15) is 5.75 Å². The third kappa shape index (κ3) is 2.94. The predicted octanol–water partition coefficient (Wildman–Crippen LogP) is 3.50. The van der Waals surface area contributed by atoms with Gasteiger partial charge in [-0.05, 0) is 37.9 Å². The van der Waals surface area contributed by atoms with Crippen LogP contribution in [0.5, 0.6) is 5.75 Å². The van der Waals surface area contributed by atoms with Crippen LogP contribution in [0.4, 0.5) is 0 Å². The van der Waals surface area contributed by atoms with Crippen LogP contribution in [-0.4, -0.2) is 19.2 Å². The summed E-state index contributed by atoms with van der Waals surface area (Å²) in [6, 6.07) is 8.89. The fourth-order valence-corrected chi connectivity index (χ4v) is 2.78. The number of likely N-dealkylation sites (N-methyl/N-ethyl adjacent to an activating group) is 1. The molecule has 1 heterocycles. The molecule has 0 radical (unpaired) electrons. The summed E-state index contributed by atoms with van der Waals surface area (Å²) in [5.41, 5.74) is 2.58. The van der Waals surface area contributed by atoms with Crippen LogP contribution in [0.3, 0.4) is 0 Å². The fourth-order valence-electron chi connectivity index (χ4n) is 2.78. The highest BCUT2D eigenvalue weighted by Gasteiger charge is 2.28. The van der Waals surface area contributed by atoms with Crippen LogP contribution in [0.15, 0.2) is 36.4 Å². The number of hydrogen-bond acceptors (Lipinski definition) is 2. The summed E-state index contributed by atoms with van der Waals surface area (Å²) >= 11 is 0. The monoisotopic (exact) mass is 245 g/mol. The van der Waals surface area contributed by atoms with Crippen LogP contribution < -0.4 is 10.1 Å². The van der Waals surface area contributed by atoms with Crippen molar-refractivity contribution in [3.63, 3.8) is 0 Å². The first kappa shape index (κ1) is 13.2. The maximum atomic E-state index is 5.74. The van der Waals surface area contributed by atoms with Gasteiger partial charge in [0.2, 0.25) is 0 Å². The quantitative estimate of drug-likeness (QED) is 0.802. The molecule has 2 heteroatoms. The van der Waals surface area contributed by atoms with Crippen LogP contribution in [0.1, 0.15) is 38.2 Å². The van der Waals surface area contributed by atoms with E-state index >= 15 is 0 Å². The van der Waals surface area contributed by atoms with Gasteiger partial charge < -0.3 is 10.1 Å². The van der Waals surface area contributed by atoms with Crippen LogP contribution in [0, 0.1) is 0 Å². The average molecular weight is 245 g/mol. The van der Waals surface area contributed by atoms with Crippen molar-refractivity contribution in [1.29, 1.82) is 0 Å². The highest BCUT2D eigenvalue weighted by Crippen LogP contribution is 2.36. The summed E-state index contributed by atoms with van der Waals surface area (Å²) in [7, 11) is 0. The van der Waals surface area contributed by atoms with Crippen molar-refractivity contribution in [2.75, 3.05) is 13.2 Å². The van der Waals surface area contributed by atoms with E-state index in [0.717, 1.165) is 31.7 Å². The minimum atomic E-state index is 0.470. The van der Waals surface area contributed by atoms with E-state index in [1.165, 1.54) is 11.1 Å². The van der Waals surface area contributed by atoms with Gasteiger partial charge in [0.15, 0.2) is 0 Å². The van der Waals surface area contributed by atoms with E-state index in [1.807, 2.05) is 6.07 Å². The summed E-state index contributed by atoms with van der Waals surface area (Å²) in [5, 5.41) is 3.61. The molecule has 98 valence electrons. The van der Waals surface area contributed by atoms with Gasteiger partial charge in [0.25, 0.3) is 0 Å². The van der Waals surface area contributed by atoms with E-state index in [4.69, 9.17) is 4.74 Å². The summed E-state index contributed by atoms with van der Waals surface area (Å²) in [5.74, 6) is 1.59. The molecule has 1 aromatic carbocycles. The van der Waals surface area contributed by atoms with Crippen LogP contribution in [0.25, 0.3) is 0 Å². The molecule has 0 saturated carbocycles. The fraction of sp³-hybridized carbons (Fsp3) is 0.500. The van der Waals surface area contributed by atoms with Gasteiger partial charge in [-0.25, -0.2) is 0 Å². The summed E-state index contributed by atoms with van der Waals surface area (Å²) in [4.78, 5) is 0. The van der Waals surface area contributed by atoms with Gasteiger partial charge in [-0.1, -0.05) is 30.7 Å². The van der Waals surface area contributed by atoms with Crippen molar-refractivity contribution >= 4 is 0 Å². The first-order valence-electron chi connectivity index (χ1n) is 6.82. The van der Waals surface area contributed by atoms with E-state index in [2.05, 4.69) is 43.9 Å². The van der Waals surface area contributed by atoms with E-state index in [-0.39, 0.29) is 0 Å². The third-order valence-corrected chi connectivity index (χ3v) is 3.53. The van der Waals surface area contributed by atoms with Crippen molar-refractivity contribution < 1.29 is 4.74 Å². The van der Waals surface area contributed by atoms with Gasteiger partial charge >= 0.3 is 0 Å². The molecule has 1 aromatic rings. The van der Waals surface area contributed by atoms with Gasteiger partial charge in [-0.3, -0.25) is 0 Å². The summed E-state index contributed by atoms with van der Waals surface area (Å²) in [6.45, 7) is 10.1. The van der Waals surface area contributed by atoms with Crippen LogP contribution in [-0.2, 0) is 0 Å². The van der Waals surface area contributed by atoms with E-state index < -0.39 is 0 Å². The normalized spacial score (nSPS) is 19.8. The topological polar surface area (TPSA) is 21.3 Å². The molecular formula is C16H23NO. The molecule has 0 amide bonds. The van der Waals surface area contributed by atoms with Crippen molar-refractivity contribution in [2.24, 2.45) is 0 Å². The van der Waals surface area contributed by atoms with Gasteiger partial charge in [-0.2, -0.15) is 0 Å². The molecule has 0 aromatic heterocycles. The zero-order chi connectivity index (χ0) is 13.0. The lowest BCUT2D eigenvalue weighted by Crippen LogP contribution is -2.37. The molecule has 18 heavy (non-hydrogen) atoms. The summed E-state index contributed by atoms with van der Waals surface area (Å²) in [6.07, 6.45) is 2.12. The number of ether oxygens (including phenoxy) is 1. The van der Waals surface area contributed by atoms with Crippen LogP contribution in [0.2, 0.25) is 0 Å². The lowest BCUT2D eigenvalue weighted by molar-refractivity contribution is 0.245. The Labute approximate surface area is 110 Å². The average Bonchev–Trinajstić information content (AvgIpc) is 2.37. The molecule has 0 saturated heterocycles. The van der Waals surface area contributed by atoms with Gasteiger partial charge in [-0.15, -0.1) is 6.58 Å². The highest BCUT2D eigenvalue weighted by molar-refractivity contribution is 5.38. The minimum absolute atomic E-state index is 0.470. The molecule has 2 rings (SSSR count). The molecule has 2 unspecified atom stereocenters.